The van der Waals surface area contributed by atoms with E-state index >= 15 is 0 Å². The van der Waals surface area contributed by atoms with E-state index in [0.717, 1.165) is 36.3 Å². The van der Waals surface area contributed by atoms with Crippen LogP contribution in [-0.4, -0.2) is 43.0 Å². The lowest BCUT2D eigenvalue weighted by atomic mass is 9.99. The van der Waals surface area contributed by atoms with E-state index in [1.54, 1.807) is 7.11 Å². The molecule has 0 saturated carbocycles. The lowest BCUT2D eigenvalue weighted by Gasteiger charge is -2.25. The highest BCUT2D eigenvalue weighted by Crippen LogP contribution is 2.22. The Labute approximate surface area is 200 Å². The topological polar surface area (TPSA) is 70.7 Å². The summed E-state index contributed by atoms with van der Waals surface area (Å²) in [6, 6.07) is 27.0. The van der Waals surface area contributed by atoms with Crippen molar-refractivity contribution in [3.05, 3.63) is 96.1 Å². The van der Waals surface area contributed by atoms with Crippen molar-refractivity contribution in [3.8, 4) is 5.75 Å². The number of hydrogen-bond acceptors (Lipinski definition) is 4. The van der Waals surface area contributed by atoms with Gasteiger partial charge in [0.05, 0.1) is 25.7 Å². The maximum absolute atomic E-state index is 13.1. The molecule has 4 rings (SSSR count). The molecule has 0 spiro atoms. The van der Waals surface area contributed by atoms with E-state index in [1.165, 1.54) is 0 Å². The molecule has 1 heterocycles. The van der Waals surface area contributed by atoms with Crippen LogP contribution in [-0.2, 0) is 16.0 Å². The highest BCUT2D eigenvalue weighted by Gasteiger charge is 2.32. The SMILES string of the molecule is COc1ccc(NC(=O)C2CCCN2CC(=O)NC(Cc2ccccc2)c2ccccc2)cc1. The van der Waals surface area contributed by atoms with Gasteiger partial charge in [-0.3, -0.25) is 14.5 Å². The van der Waals surface area contributed by atoms with Gasteiger partial charge in [0.15, 0.2) is 0 Å². The Balaban J connectivity index is 1.38. The van der Waals surface area contributed by atoms with Crippen molar-refractivity contribution >= 4 is 17.5 Å². The maximum atomic E-state index is 13.1. The van der Waals surface area contributed by atoms with Gasteiger partial charge in [0.25, 0.3) is 0 Å². The van der Waals surface area contributed by atoms with Crippen molar-refractivity contribution in [2.75, 3.05) is 25.5 Å². The molecule has 3 aromatic carbocycles. The number of amides is 2. The van der Waals surface area contributed by atoms with Gasteiger partial charge in [0, 0.05) is 5.69 Å². The Morgan fingerprint density at radius 3 is 2.32 bits per heavy atom. The molecule has 6 heteroatoms. The van der Waals surface area contributed by atoms with Crippen molar-refractivity contribution in [2.45, 2.75) is 31.3 Å². The van der Waals surface area contributed by atoms with Crippen molar-refractivity contribution in [3.63, 3.8) is 0 Å². The predicted molar refractivity (Wildman–Crippen MR) is 134 cm³/mol. The number of carbonyl (C=O) groups excluding carboxylic acids is 2. The van der Waals surface area contributed by atoms with E-state index in [9.17, 15) is 9.59 Å². The fraction of sp³-hybridized carbons (Fsp3) is 0.286. The summed E-state index contributed by atoms with van der Waals surface area (Å²) < 4.78 is 5.17. The summed E-state index contributed by atoms with van der Waals surface area (Å²) in [4.78, 5) is 28.0. The second kappa shape index (κ2) is 11.5. The van der Waals surface area contributed by atoms with Crippen LogP contribution in [0.3, 0.4) is 0 Å². The second-order valence-corrected chi connectivity index (χ2v) is 8.57. The Morgan fingerprint density at radius 2 is 1.65 bits per heavy atom. The average molecular weight is 458 g/mol. The Kier molecular flexibility index (Phi) is 7.94. The Hall–Kier alpha value is -3.64. The first-order valence-electron chi connectivity index (χ1n) is 11.7. The Morgan fingerprint density at radius 1 is 0.971 bits per heavy atom. The largest absolute Gasteiger partial charge is 0.497 e. The number of benzene rings is 3. The quantitative estimate of drug-likeness (QED) is 0.505. The van der Waals surface area contributed by atoms with E-state index in [-0.39, 0.29) is 30.4 Å². The number of anilines is 1. The van der Waals surface area contributed by atoms with Crippen LogP contribution in [0.25, 0.3) is 0 Å². The molecule has 2 amide bonds. The molecule has 0 radical (unpaired) electrons. The third-order valence-electron chi connectivity index (χ3n) is 6.19. The zero-order valence-electron chi connectivity index (χ0n) is 19.4. The molecule has 1 fully saturated rings. The maximum Gasteiger partial charge on any atom is 0.241 e. The number of carbonyl (C=O) groups is 2. The summed E-state index contributed by atoms with van der Waals surface area (Å²) in [6.45, 7) is 0.918. The van der Waals surface area contributed by atoms with Crippen molar-refractivity contribution in [1.29, 1.82) is 0 Å². The van der Waals surface area contributed by atoms with Gasteiger partial charge in [-0.05, 0) is 61.2 Å². The summed E-state index contributed by atoms with van der Waals surface area (Å²) in [7, 11) is 1.61. The fourth-order valence-corrected chi connectivity index (χ4v) is 4.42. The van der Waals surface area contributed by atoms with Crippen molar-refractivity contribution in [2.24, 2.45) is 0 Å². The van der Waals surface area contributed by atoms with Gasteiger partial charge in [-0.15, -0.1) is 0 Å². The molecule has 0 aromatic heterocycles. The molecule has 1 aliphatic rings. The zero-order chi connectivity index (χ0) is 23.8. The van der Waals surface area contributed by atoms with Crippen LogP contribution in [0, 0.1) is 0 Å². The number of likely N-dealkylation sites (tertiary alicyclic amines) is 1. The Bertz CT molecular complexity index is 1070. The summed E-state index contributed by atoms with van der Waals surface area (Å²) >= 11 is 0. The van der Waals surface area contributed by atoms with E-state index in [0.29, 0.717) is 12.1 Å². The van der Waals surface area contributed by atoms with Gasteiger partial charge in [-0.2, -0.15) is 0 Å². The molecule has 1 aliphatic heterocycles. The van der Waals surface area contributed by atoms with Crippen LogP contribution < -0.4 is 15.4 Å². The minimum Gasteiger partial charge on any atom is -0.497 e. The average Bonchev–Trinajstić information content (AvgIpc) is 3.33. The first kappa shape index (κ1) is 23.5. The predicted octanol–water partition coefficient (Wildman–Crippen LogP) is 4.20. The van der Waals surface area contributed by atoms with Crippen molar-refractivity contribution in [1.82, 2.24) is 10.2 Å². The third kappa shape index (κ3) is 6.23. The minimum absolute atomic E-state index is 0.0751. The number of nitrogens with zero attached hydrogens (tertiary/aromatic N) is 1. The van der Waals surface area contributed by atoms with Gasteiger partial charge in [0.2, 0.25) is 11.8 Å². The lowest BCUT2D eigenvalue weighted by Crippen LogP contribution is -2.45. The number of ether oxygens (including phenoxy) is 1. The molecule has 2 N–H and O–H groups in total. The van der Waals surface area contributed by atoms with Gasteiger partial charge < -0.3 is 15.4 Å². The fourth-order valence-electron chi connectivity index (χ4n) is 4.42. The first-order chi connectivity index (χ1) is 16.6. The number of rotatable bonds is 9. The van der Waals surface area contributed by atoms with Gasteiger partial charge >= 0.3 is 0 Å². The number of methoxy groups -OCH3 is 1. The van der Waals surface area contributed by atoms with Gasteiger partial charge in [0.1, 0.15) is 5.75 Å². The summed E-state index contributed by atoms with van der Waals surface area (Å²) in [5, 5.41) is 6.17. The van der Waals surface area contributed by atoms with Crippen LogP contribution in [0.1, 0.15) is 30.0 Å². The van der Waals surface area contributed by atoms with E-state index in [4.69, 9.17) is 4.74 Å². The normalized spacial score (nSPS) is 16.6. The summed E-state index contributed by atoms with van der Waals surface area (Å²) in [6.07, 6.45) is 2.33. The molecule has 176 valence electrons. The van der Waals surface area contributed by atoms with Crippen LogP contribution in [0.5, 0.6) is 5.75 Å². The van der Waals surface area contributed by atoms with Crippen LogP contribution in [0.15, 0.2) is 84.9 Å². The minimum atomic E-state index is -0.322. The molecule has 2 unspecified atom stereocenters. The van der Waals surface area contributed by atoms with Crippen LogP contribution >= 0.6 is 0 Å². The second-order valence-electron chi connectivity index (χ2n) is 8.57. The molecule has 34 heavy (non-hydrogen) atoms. The molecule has 1 saturated heterocycles. The standard InChI is InChI=1S/C28H31N3O3/c1-34-24-16-14-23(15-17-24)29-28(33)26-13-8-18-31(26)20-27(32)30-25(22-11-6-3-7-12-22)19-21-9-4-2-5-10-21/h2-7,9-12,14-17,25-26H,8,13,18-20H2,1H3,(H,29,33)(H,30,32). The van der Waals surface area contributed by atoms with Gasteiger partial charge in [-0.25, -0.2) is 0 Å². The number of nitrogens with one attached hydrogen (secondary N) is 2. The summed E-state index contributed by atoms with van der Waals surface area (Å²) in [5.74, 6) is 0.578. The van der Waals surface area contributed by atoms with Crippen LogP contribution in [0.2, 0.25) is 0 Å². The molecule has 2 atom stereocenters. The molecule has 0 bridgehead atoms. The monoisotopic (exact) mass is 457 g/mol. The molecule has 6 nitrogen and oxygen atoms in total. The molecule has 0 aliphatic carbocycles. The summed E-state index contributed by atoms with van der Waals surface area (Å²) in [5.41, 5.74) is 2.94. The van der Waals surface area contributed by atoms with Gasteiger partial charge in [-0.1, -0.05) is 60.7 Å². The molecular formula is C28H31N3O3. The van der Waals surface area contributed by atoms with E-state index in [2.05, 4.69) is 22.8 Å². The highest BCUT2D eigenvalue weighted by molar-refractivity contribution is 5.95. The molecular weight excluding hydrogens is 426 g/mol. The van der Waals surface area contributed by atoms with E-state index < -0.39 is 0 Å². The lowest BCUT2D eigenvalue weighted by molar-refractivity contribution is -0.125. The zero-order valence-corrected chi connectivity index (χ0v) is 19.4. The third-order valence-corrected chi connectivity index (χ3v) is 6.19. The first-order valence-corrected chi connectivity index (χ1v) is 11.7. The molecule has 3 aromatic rings. The number of hydrogen-bond donors (Lipinski definition) is 2. The smallest absolute Gasteiger partial charge is 0.241 e. The van der Waals surface area contributed by atoms with Crippen molar-refractivity contribution < 1.29 is 14.3 Å². The van der Waals surface area contributed by atoms with Crippen LogP contribution in [0.4, 0.5) is 5.69 Å². The highest BCUT2D eigenvalue weighted by atomic mass is 16.5. The van der Waals surface area contributed by atoms with E-state index in [1.807, 2.05) is 77.7 Å².